The summed E-state index contributed by atoms with van der Waals surface area (Å²) in [6, 6.07) is 4.68. The van der Waals surface area contributed by atoms with E-state index >= 15 is 0 Å². The molecule has 2 radical (unpaired) electrons. The molecule has 1 aromatic carbocycles. The van der Waals surface area contributed by atoms with Crippen LogP contribution in [0.1, 0.15) is 79.0 Å². The van der Waals surface area contributed by atoms with Crippen molar-refractivity contribution < 1.29 is 0 Å². The Morgan fingerprint density at radius 1 is 0.632 bits per heavy atom. The Kier molecular flexibility index (Phi) is 4.45. The maximum absolute atomic E-state index is 2.35. The zero-order chi connectivity index (χ0) is 15.2. The predicted octanol–water partition coefficient (Wildman–Crippen LogP) is 4.37. The fraction of sp³-hybridized carbons (Fsp3) is 0.667. The van der Waals surface area contributed by atoms with Gasteiger partial charge in [0, 0.05) is 0 Å². The van der Waals surface area contributed by atoms with E-state index in [1.54, 1.807) is 29.7 Å². The number of hydrogen-bond acceptors (Lipinski definition) is 0. The van der Waals surface area contributed by atoms with Crippen molar-refractivity contribution in [2.24, 2.45) is 0 Å². The number of rotatable bonds is 0. The Bertz CT molecular complexity index is 462. The van der Waals surface area contributed by atoms with Gasteiger partial charge in [0.25, 0.3) is 0 Å². The topological polar surface area (TPSA) is 0 Å². The first-order chi connectivity index (χ1) is 8.26. The van der Waals surface area contributed by atoms with E-state index in [0.29, 0.717) is 0 Å². The van der Waals surface area contributed by atoms with Crippen LogP contribution >= 0.6 is 0 Å². The van der Waals surface area contributed by atoms with E-state index in [0.717, 1.165) is 0 Å². The molecule has 0 heterocycles. The first-order valence-corrected chi connectivity index (χ1v) is 8.41. The number of benzene rings is 1. The van der Waals surface area contributed by atoms with Crippen LogP contribution in [0.15, 0.2) is 12.1 Å². The van der Waals surface area contributed by atoms with Gasteiger partial charge >= 0.3 is 130 Å². The average molecular weight is 315 g/mol. The third kappa shape index (κ3) is 3.70. The van der Waals surface area contributed by atoms with Crippen molar-refractivity contribution in [3.8, 4) is 0 Å². The SMILES string of the molecule is CC(C)(C)c1cc[c]([Ga])c(C(C)(C)C)c1C(C)(C)C. The van der Waals surface area contributed by atoms with E-state index in [1.807, 2.05) is 0 Å². The van der Waals surface area contributed by atoms with Crippen LogP contribution in [0, 0.1) is 0 Å². The first kappa shape index (κ1) is 16.9. The van der Waals surface area contributed by atoms with E-state index in [9.17, 15) is 0 Å². The fourth-order valence-electron chi connectivity index (χ4n) is 2.83. The van der Waals surface area contributed by atoms with E-state index < -0.39 is 0 Å². The third-order valence-electron chi connectivity index (χ3n) is 3.55. The van der Waals surface area contributed by atoms with Gasteiger partial charge in [-0.3, -0.25) is 0 Å². The summed E-state index contributed by atoms with van der Waals surface area (Å²) in [6.45, 7) is 21.0. The molecule has 1 heteroatoms. The summed E-state index contributed by atoms with van der Waals surface area (Å²) in [5.74, 6) is 0. The molecule has 0 aliphatic carbocycles. The molecule has 19 heavy (non-hydrogen) atoms. The molecule has 1 rings (SSSR count). The summed E-state index contributed by atoms with van der Waals surface area (Å²) in [4.78, 5) is 0. The van der Waals surface area contributed by atoms with Crippen LogP contribution < -0.4 is 4.12 Å². The summed E-state index contributed by atoms with van der Waals surface area (Å²) in [7, 11) is 0. The Morgan fingerprint density at radius 2 is 1.05 bits per heavy atom. The van der Waals surface area contributed by atoms with Crippen molar-refractivity contribution in [2.45, 2.75) is 78.6 Å². The van der Waals surface area contributed by atoms with E-state index in [4.69, 9.17) is 0 Å². The van der Waals surface area contributed by atoms with Crippen LogP contribution in [-0.2, 0) is 16.2 Å². The van der Waals surface area contributed by atoms with E-state index in [1.165, 1.54) is 9.68 Å². The van der Waals surface area contributed by atoms with Gasteiger partial charge in [0.05, 0.1) is 0 Å². The van der Waals surface area contributed by atoms with Crippen LogP contribution in [0.3, 0.4) is 0 Å². The second-order valence-corrected chi connectivity index (χ2v) is 10.0. The standard InChI is InChI=1S/C18H29.Ga/c1-16(2,3)13-11-10-12-14(17(4,5)6)15(13)18(7,8)9;/h10-11H,1-9H3;. The summed E-state index contributed by atoms with van der Waals surface area (Å²) >= 11 is 1.74. The predicted molar refractivity (Wildman–Crippen MR) is 87.9 cm³/mol. The fourth-order valence-corrected chi connectivity index (χ4v) is 4.24. The molecule has 0 atom stereocenters. The van der Waals surface area contributed by atoms with Crippen molar-refractivity contribution in [1.29, 1.82) is 0 Å². The molecule has 0 nitrogen and oxygen atoms in total. The Labute approximate surface area is 130 Å². The average Bonchev–Trinajstić information content (AvgIpc) is 2.11. The molecule has 104 valence electrons. The minimum absolute atomic E-state index is 0.188. The Hall–Kier alpha value is -0.144. The monoisotopic (exact) mass is 314 g/mol. The third-order valence-corrected chi connectivity index (χ3v) is 4.56. The van der Waals surface area contributed by atoms with Crippen molar-refractivity contribution in [3.63, 3.8) is 0 Å². The molecule has 0 aromatic heterocycles. The van der Waals surface area contributed by atoms with Crippen molar-refractivity contribution in [3.05, 3.63) is 28.8 Å². The van der Waals surface area contributed by atoms with Crippen molar-refractivity contribution >= 4 is 22.7 Å². The van der Waals surface area contributed by atoms with Gasteiger partial charge in [-0.1, -0.05) is 0 Å². The van der Waals surface area contributed by atoms with Crippen LogP contribution in [0.25, 0.3) is 0 Å². The molecule has 1 aromatic rings. The molecule has 0 saturated heterocycles. The zero-order valence-electron chi connectivity index (χ0n) is 14.2. The normalized spacial score (nSPS) is 13.7. The molecule has 0 fully saturated rings. The van der Waals surface area contributed by atoms with Crippen LogP contribution in [0.5, 0.6) is 0 Å². The summed E-state index contributed by atoms with van der Waals surface area (Å²) in [5, 5.41) is 0. The van der Waals surface area contributed by atoms with Gasteiger partial charge in [-0.25, -0.2) is 0 Å². The molecule has 0 aliphatic heterocycles. The molecule has 0 bridgehead atoms. The molecule has 0 amide bonds. The summed E-state index contributed by atoms with van der Waals surface area (Å²) in [5.41, 5.74) is 5.22. The second-order valence-electron chi connectivity index (χ2n) is 8.70. The molecular weight excluding hydrogens is 286 g/mol. The van der Waals surface area contributed by atoms with E-state index in [2.05, 4.69) is 74.4 Å². The minimum atomic E-state index is 0.188. The Balaban J connectivity index is 3.82. The van der Waals surface area contributed by atoms with Crippen LogP contribution in [0.4, 0.5) is 0 Å². The van der Waals surface area contributed by atoms with Gasteiger partial charge in [-0.05, 0) is 0 Å². The van der Waals surface area contributed by atoms with Gasteiger partial charge in [-0.15, -0.1) is 0 Å². The molecule has 0 saturated carbocycles. The van der Waals surface area contributed by atoms with E-state index in [-0.39, 0.29) is 16.2 Å². The second kappa shape index (κ2) is 5.00. The van der Waals surface area contributed by atoms with Crippen molar-refractivity contribution in [2.75, 3.05) is 0 Å². The summed E-state index contributed by atoms with van der Waals surface area (Å²) < 4.78 is 1.48. The molecule has 0 spiro atoms. The van der Waals surface area contributed by atoms with Gasteiger partial charge < -0.3 is 0 Å². The van der Waals surface area contributed by atoms with Gasteiger partial charge in [0.15, 0.2) is 0 Å². The molecular formula is C18H29Ga. The molecule has 0 N–H and O–H groups in total. The molecule has 0 aliphatic rings. The molecule has 0 unspecified atom stereocenters. The van der Waals surface area contributed by atoms with Gasteiger partial charge in [0.1, 0.15) is 0 Å². The summed E-state index contributed by atoms with van der Waals surface area (Å²) in [6.07, 6.45) is 0. The van der Waals surface area contributed by atoms with Crippen molar-refractivity contribution in [1.82, 2.24) is 0 Å². The number of hydrogen-bond donors (Lipinski definition) is 0. The van der Waals surface area contributed by atoms with Crippen LogP contribution in [-0.4, -0.2) is 18.6 Å². The quantitative estimate of drug-likeness (QED) is 0.624. The van der Waals surface area contributed by atoms with Crippen LogP contribution in [0.2, 0.25) is 0 Å². The van der Waals surface area contributed by atoms with Gasteiger partial charge in [0.2, 0.25) is 0 Å². The zero-order valence-corrected chi connectivity index (χ0v) is 16.7. The van der Waals surface area contributed by atoms with Gasteiger partial charge in [-0.2, -0.15) is 0 Å². The Morgan fingerprint density at radius 3 is 1.37 bits per heavy atom. The first-order valence-electron chi connectivity index (χ1n) is 7.20. The maximum atomic E-state index is 2.35.